The number of benzene rings is 2. The maximum absolute atomic E-state index is 12.4. The van der Waals surface area contributed by atoms with E-state index in [1.807, 2.05) is 74.9 Å². The molecule has 2 amide bonds. The lowest BCUT2D eigenvalue weighted by molar-refractivity contribution is -0.116. The lowest BCUT2D eigenvalue weighted by atomic mass is 10.1. The minimum atomic E-state index is -0.100. The average molecular weight is 438 g/mol. The molecule has 0 unspecified atom stereocenters. The van der Waals surface area contributed by atoms with Gasteiger partial charge in [-0.1, -0.05) is 42.1 Å². The predicted molar refractivity (Wildman–Crippen MR) is 124 cm³/mol. The van der Waals surface area contributed by atoms with E-state index in [2.05, 4.69) is 20.8 Å². The molecule has 162 valence electrons. The molecular formula is C23H27N5O2S. The van der Waals surface area contributed by atoms with Crippen LogP contribution in [0.5, 0.6) is 0 Å². The summed E-state index contributed by atoms with van der Waals surface area (Å²) in [5.41, 5.74) is 4.86. The Bertz CT molecular complexity index is 1090. The van der Waals surface area contributed by atoms with E-state index in [4.69, 9.17) is 0 Å². The number of rotatable bonds is 8. The van der Waals surface area contributed by atoms with E-state index in [-0.39, 0.29) is 17.6 Å². The van der Waals surface area contributed by atoms with Crippen LogP contribution in [-0.4, -0.2) is 32.3 Å². The molecule has 0 saturated heterocycles. The van der Waals surface area contributed by atoms with Crippen molar-refractivity contribution in [2.45, 2.75) is 38.8 Å². The molecule has 0 fully saturated rings. The lowest BCUT2D eigenvalue weighted by Crippen LogP contribution is -2.15. The summed E-state index contributed by atoms with van der Waals surface area (Å²) < 4.78 is 1.83. The Morgan fingerprint density at radius 1 is 0.903 bits per heavy atom. The number of hydrogen-bond acceptors (Lipinski definition) is 5. The van der Waals surface area contributed by atoms with E-state index >= 15 is 0 Å². The number of nitrogens with one attached hydrogen (secondary N) is 2. The third kappa shape index (κ3) is 5.95. The Balaban J connectivity index is 1.50. The van der Waals surface area contributed by atoms with E-state index in [0.717, 1.165) is 28.1 Å². The van der Waals surface area contributed by atoms with E-state index in [1.54, 1.807) is 0 Å². The zero-order valence-electron chi connectivity index (χ0n) is 18.2. The number of thioether (sulfide) groups is 1. The third-order valence-corrected chi connectivity index (χ3v) is 6.15. The number of amides is 2. The van der Waals surface area contributed by atoms with Crippen LogP contribution in [0.25, 0.3) is 0 Å². The van der Waals surface area contributed by atoms with E-state index in [9.17, 15) is 9.59 Å². The molecular weight excluding hydrogens is 410 g/mol. The van der Waals surface area contributed by atoms with Crippen LogP contribution in [0.1, 0.15) is 28.9 Å². The van der Waals surface area contributed by atoms with Crippen LogP contribution in [0.4, 0.5) is 11.4 Å². The van der Waals surface area contributed by atoms with E-state index in [0.29, 0.717) is 23.8 Å². The number of carbonyl (C=O) groups excluding carboxylic acids is 2. The number of nitrogens with zero attached hydrogens (tertiary/aromatic N) is 3. The van der Waals surface area contributed by atoms with Gasteiger partial charge in [0.2, 0.25) is 11.8 Å². The van der Waals surface area contributed by atoms with Crippen molar-refractivity contribution in [3.05, 3.63) is 65.0 Å². The standard InChI is InChI=1S/C23H27N5O2S/c1-15-9-7-11-19(17(15)3)25-21(29)13-12-20-26-27-23(28(20)4)31-14-22(30)24-18-10-6-5-8-16(18)2/h5-11H,12-14H2,1-4H3,(H,24,30)(H,25,29). The van der Waals surface area contributed by atoms with E-state index in [1.165, 1.54) is 11.8 Å². The molecule has 0 aliphatic carbocycles. The van der Waals surface area contributed by atoms with Gasteiger partial charge < -0.3 is 15.2 Å². The molecule has 0 aliphatic heterocycles. The number of aromatic nitrogens is 3. The van der Waals surface area contributed by atoms with E-state index < -0.39 is 0 Å². The van der Waals surface area contributed by atoms with Gasteiger partial charge in [0.05, 0.1) is 5.75 Å². The Labute approximate surface area is 186 Å². The van der Waals surface area contributed by atoms with Gasteiger partial charge in [0.25, 0.3) is 0 Å². The van der Waals surface area contributed by atoms with Gasteiger partial charge >= 0.3 is 0 Å². The number of hydrogen-bond donors (Lipinski definition) is 2. The zero-order valence-corrected chi connectivity index (χ0v) is 19.0. The van der Waals surface area contributed by atoms with Crippen LogP contribution >= 0.6 is 11.8 Å². The van der Waals surface area contributed by atoms with Crippen LogP contribution in [0.15, 0.2) is 47.6 Å². The highest BCUT2D eigenvalue weighted by atomic mass is 32.2. The Morgan fingerprint density at radius 3 is 2.35 bits per heavy atom. The normalized spacial score (nSPS) is 10.7. The molecule has 0 atom stereocenters. The van der Waals surface area contributed by atoms with Gasteiger partial charge in [0.1, 0.15) is 5.82 Å². The fraction of sp³-hybridized carbons (Fsp3) is 0.304. The van der Waals surface area contributed by atoms with Crippen LogP contribution < -0.4 is 10.6 Å². The first-order valence-corrected chi connectivity index (χ1v) is 11.1. The molecule has 8 heteroatoms. The molecule has 2 N–H and O–H groups in total. The Kier molecular flexibility index (Phi) is 7.46. The summed E-state index contributed by atoms with van der Waals surface area (Å²) in [6.07, 6.45) is 0.772. The molecule has 1 aromatic heterocycles. The number of aryl methyl sites for hydroxylation is 3. The van der Waals surface area contributed by atoms with Gasteiger partial charge in [-0.25, -0.2) is 0 Å². The van der Waals surface area contributed by atoms with Crippen LogP contribution in [0, 0.1) is 20.8 Å². The van der Waals surface area contributed by atoms with Crippen LogP contribution in [0.3, 0.4) is 0 Å². The van der Waals surface area contributed by atoms with Crippen molar-refractivity contribution in [3.63, 3.8) is 0 Å². The number of para-hydroxylation sites is 1. The Hall–Kier alpha value is -3.13. The second-order valence-electron chi connectivity index (χ2n) is 7.41. The zero-order chi connectivity index (χ0) is 22.4. The molecule has 0 bridgehead atoms. The van der Waals surface area contributed by atoms with Gasteiger partial charge in [-0.15, -0.1) is 10.2 Å². The van der Waals surface area contributed by atoms with Crippen molar-refractivity contribution in [2.24, 2.45) is 7.05 Å². The van der Waals surface area contributed by atoms with Gasteiger partial charge in [0, 0.05) is 31.3 Å². The SMILES string of the molecule is Cc1ccccc1NC(=O)CSc1nnc(CCC(=O)Nc2cccc(C)c2C)n1C. The first kappa shape index (κ1) is 22.6. The Morgan fingerprint density at radius 2 is 1.58 bits per heavy atom. The monoisotopic (exact) mass is 437 g/mol. The highest BCUT2D eigenvalue weighted by Crippen LogP contribution is 2.20. The van der Waals surface area contributed by atoms with Crippen molar-refractivity contribution in [1.29, 1.82) is 0 Å². The topological polar surface area (TPSA) is 88.9 Å². The summed E-state index contributed by atoms with van der Waals surface area (Å²) >= 11 is 1.32. The summed E-state index contributed by atoms with van der Waals surface area (Å²) in [5, 5.41) is 14.9. The first-order chi connectivity index (χ1) is 14.8. The molecule has 2 aromatic carbocycles. The van der Waals surface area contributed by atoms with Gasteiger partial charge in [0.15, 0.2) is 5.16 Å². The summed E-state index contributed by atoms with van der Waals surface area (Å²) in [5.74, 6) is 0.770. The minimum absolute atomic E-state index is 0.0662. The molecule has 3 rings (SSSR count). The fourth-order valence-electron chi connectivity index (χ4n) is 3.04. The second kappa shape index (κ2) is 10.3. The molecule has 7 nitrogen and oxygen atoms in total. The first-order valence-electron chi connectivity index (χ1n) is 10.1. The van der Waals surface area contributed by atoms with Gasteiger partial charge in [-0.3, -0.25) is 9.59 Å². The smallest absolute Gasteiger partial charge is 0.234 e. The fourth-order valence-corrected chi connectivity index (χ4v) is 3.77. The number of carbonyl (C=O) groups is 2. The second-order valence-corrected chi connectivity index (χ2v) is 8.35. The highest BCUT2D eigenvalue weighted by molar-refractivity contribution is 7.99. The predicted octanol–water partition coefficient (Wildman–Crippen LogP) is 4.04. The quantitative estimate of drug-likeness (QED) is 0.519. The molecule has 31 heavy (non-hydrogen) atoms. The van der Waals surface area contributed by atoms with Crippen molar-refractivity contribution in [2.75, 3.05) is 16.4 Å². The largest absolute Gasteiger partial charge is 0.326 e. The summed E-state index contributed by atoms with van der Waals surface area (Å²) in [4.78, 5) is 24.6. The minimum Gasteiger partial charge on any atom is -0.326 e. The summed E-state index contributed by atoms with van der Waals surface area (Å²) in [6.45, 7) is 5.96. The van der Waals surface area contributed by atoms with Crippen molar-refractivity contribution < 1.29 is 9.59 Å². The molecule has 0 spiro atoms. The molecule has 0 saturated carbocycles. The highest BCUT2D eigenvalue weighted by Gasteiger charge is 2.14. The van der Waals surface area contributed by atoms with Gasteiger partial charge in [-0.2, -0.15) is 0 Å². The molecule has 0 radical (unpaired) electrons. The van der Waals surface area contributed by atoms with Crippen LogP contribution in [-0.2, 0) is 23.1 Å². The van der Waals surface area contributed by atoms with Crippen molar-refractivity contribution in [3.8, 4) is 0 Å². The molecule has 1 heterocycles. The van der Waals surface area contributed by atoms with Crippen molar-refractivity contribution >= 4 is 35.0 Å². The molecule has 3 aromatic rings. The third-order valence-electron chi connectivity index (χ3n) is 5.13. The maximum Gasteiger partial charge on any atom is 0.234 e. The summed E-state index contributed by atoms with van der Waals surface area (Å²) in [7, 11) is 1.85. The van der Waals surface area contributed by atoms with Gasteiger partial charge in [-0.05, 0) is 49.6 Å². The lowest BCUT2D eigenvalue weighted by Gasteiger charge is -2.10. The summed E-state index contributed by atoms with van der Waals surface area (Å²) in [6, 6.07) is 13.5. The van der Waals surface area contributed by atoms with Crippen LogP contribution in [0.2, 0.25) is 0 Å². The molecule has 0 aliphatic rings. The maximum atomic E-state index is 12.4. The number of anilines is 2. The average Bonchev–Trinajstić information content (AvgIpc) is 3.09. The van der Waals surface area contributed by atoms with Crippen molar-refractivity contribution in [1.82, 2.24) is 14.8 Å².